The molecule has 0 radical (unpaired) electrons. The standard InChI is InChI=1S/C14H22BrClN2/c1-10(2)6-7-14(3,9-17)18-11-4-5-13(16)12(15)8-11/h4-5,8,10,18H,6-7,9,17H2,1-3H3. The number of hydrogen-bond donors (Lipinski definition) is 2. The van der Waals surface area contributed by atoms with Gasteiger partial charge in [-0.1, -0.05) is 25.4 Å². The molecule has 0 aliphatic rings. The molecular formula is C14H22BrClN2. The summed E-state index contributed by atoms with van der Waals surface area (Å²) in [6.07, 6.45) is 2.22. The summed E-state index contributed by atoms with van der Waals surface area (Å²) in [4.78, 5) is 0. The molecule has 18 heavy (non-hydrogen) atoms. The highest BCUT2D eigenvalue weighted by molar-refractivity contribution is 9.10. The summed E-state index contributed by atoms with van der Waals surface area (Å²) >= 11 is 9.42. The third kappa shape index (κ3) is 4.79. The van der Waals surface area contributed by atoms with Gasteiger partial charge in [-0.2, -0.15) is 0 Å². The monoisotopic (exact) mass is 332 g/mol. The maximum absolute atomic E-state index is 5.99. The van der Waals surface area contributed by atoms with Crippen LogP contribution in [0.2, 0.25) is 5.02 Å². The molecule has 0 aliphatic heterocycles. The van der Waals surface area contributed by atoms with Gasteiger partial charge in [-0.15, -0.1) is 0 Å². The maximum Gasteiger partial charge on any atom is 0.0549 e. The van der Waals surface area contributed by atoms with E-state index in [-0.39, 0.29) is 5.54 Å². The fraction of sp³-hybridized carbons (Fsp3) is 0.571. The molecule has 1 aromatic carbocycles. The van der Waals surface area contributed by atoms with Crippen LogP contribution in [-0.4, -0.2) is 12.1 Å². The lowest BCUT2D eigenvalue weighted by Crippen LogP contribution is -2.42. The van der Waals surface area contributed by atoms with Gasteiger partial charge in [0.15, 0.2) is 0 Å². The molecule has 3 N–H and O–H groups in total. The van der Waals surface area contributed by atoms with E-state index in [1.54, 1.807) is 0 Å². The van der Waals surface area contributed by atoms with E-state index in [2.05, 4.69) is 42.0 Å². The van der Waals surface area contributed by atoms with Crippen molar-refractivity contribution in [2.24, 2.45) is 11.7 Å². The molecular weight excluding hydrogens is 312 g/mol. The van der Waals surface area contributed by atoms with Gasteiger partial charge in [0.25, 0.3) is 0 Å². The Morgan fingerprint density at radius 1 is 1.44 bits per heavy atom. The molecule has 0 heterocycles. The fourth-order valence-corrected chi connectivity index (χ4v) is 2.24. The van der Waals surface area contributed by atoms with Gasteiger partial charge in [-0.3, -0.25) is 0 Å². The van der Waals surface area contributed by atoms with Crippen LogP contribution in [0, 0.1) is 5.92 Å². The van der Waals surface area contributed by atoms with E-state index in [9.17, 15) is 0 Å². The fourth-order valence-electron chi connectivity index (χ4n) is 1.75. The third-order valence-corrected chi connectivity index (χ3v) is 4.30. The lowest BCUT2D eigenvalue weighted by Gasteiger charge is -2.31. The van der Waals surface area contributed by atoms with E-state index in [1.165, 1.54) is 0 Å². The molecule has 0 amide bonds. The maximum atomic E-state index is 5.99. The van der Waals surface area contributed by atoms with Crippen LogP contribution in [-0.2, 0) is 0 Å². The highest BCUT2D eigenvalue weighted by Gasteiger charge is 2.22. The van der Waals surface area contributed by atoms with Gasteiger partial charge >= 0.3 is 0 Å². The van der Waals surface area contributed by atoms with E-state index >= 15 is 0 Å². The average Bonchev–Trinajstić information content (AvgIpc) is 2.31. The Labute approximate surface area is 123 Å². The Hall–Kier alpha value is -0.250. The second kappa shape index (κ2) is 6.78. The normalized spacial score (nSPS) is 14.6. The molecule has 0 saturated heterocycles. The summed E-state index contributed by atoms with van der Waals surface area (Å²) < 4.78 is 0.900. The van der Waals surface area contributed by atoms with E-state index < -0.39 is 0 Å². The lowest BCUT2D eigenvalue weighted by molar-refractivity contribution is 0.420. The molecule has 1 rings (SSSR count). The van der Waals surface area contributed by atoms with Crippen molar-refractivity contribution >= 4 is 33.2 Å². The van der Waals surface area contributed by atoms with E-state index in [0.717, 1.165) is 28.0 Å². The first-order valence-corrected chi connectivity index (χ1v) is 7.47. The van der Waals surface area contributed by atoms with Crippen molar-refractivity contribution in [3.8, 4) is 0 Å². The molecule has 0 saturated carbocycles. The Morgan fingerprint density at radius 3 is 2.61 bits per heavy atom. The Morgan fingerprint density at radius 2 is 2.11 bits per heavy atom. The molecule has 1 unspecified atom stereocenters. The summed E-state index contributed by atoms with van der Waals surface area (Å²) in [5.74, 6) is 0.689. The van der Waals surface area contributed by atoms with E-state index in [4.69, 9.17) is 17.3 Å². The van der Waals surface area contributed by atoms with Crippen LogP contribution >= 0.6 is 27.5 Å². The van der Waals surface area contributed by atoms with Gasteiger partial charge in [0.05, 0.1) is 5.02 Å². The first-order valence-electron chi connectivity index (χ1n) is 6.29. The number of hydrogen-bond acceptors (Lipinski definition) is 2. The third-order valence-electron chi connectivity index (χ3n) is 3.09. The molecule has 102 valence electrons. The second-order valence-corrected chi connectivity index (χ2v) is 6.71. The molecule has 1 atom stereocenters. The second-order valence-electron chi connectivity index (χ2n) is 5.45. The zero-order chi connectivity index (χ0) is 13.8. The average molecular weight is 334 g/mol. The quantitative estimate of drug-likeness (QED) is 0.794. The smallest absolute Gasteiger partial charge is 0.0549 e. The number of benzene rings is 1. The lowest BCUT2D eigenvalue weighted by atomic mass is 9.91. The zero-order valence-electron chi connectivity index (χ0n) is 11.3. The minimum absolute atomic E-state index is 0.0719. The largest absolute Gasteiger partial charge is 0.379 e. The summed E-state index contributed by atoms with van der Waals surface area (Å²) in [5, 5.41) is 4.23. The van der Waals surface area contributed by atoms with Crippen LogP contribution in [0.4, 0.5) is 5.69 Å². The molecule has 0 bridgehead atoms. The number of nitrogens with two attached hydrogens (primary N) is 1. The van der Waals surface area contributed by atoms with Gasteiger partial charge in [0, 0.05) is 22.2 Å². The highest BCUT2D eigenvalue weighted by atomic mass is 79.9. The van der Waals surface area contributed by atoms with Crippen molar-refractivity contribution in [3.05, 3.63) is 27.7 Å². The first-order chi connectivity index (χ1) is 8.36. The SMILES string of the molecule is CC(C)CCC(C)(CN)Nc1ccc(Cl)c(Br)c1. The van der Waals surface area contributed by atoms with Gasteiger partial charge in [-0.05, 0) is 59.8 Å². The Bertz CT molecular complexity index is 395. The van der Waals surface area contributed by atoms with Crippen molar-refractivity contribution in [2.45, 2.75) is 39.2 Å². The summed E-state index contributed by atoms with van der Waals surface area (Å²) in [5.41, 5.74) is 6.88. The number of anilines is 1. The van der Waals surface area contributed by atoms with Crippen molar-refractivity contribution in [3.63, 3.8) is 0 Å². The van der Waals surface area contributed by atoms with Crippen molar-refractivity contribution < 1.29 is 0 Å². The number of rotatable bonds is 6. The van der Waals surface area contributed by atoms with Crippen LogP contribution in [0.15, 0.2) is 22.7 Å². The molecule has 0 fully saturated rings. The first kappa shape index (κ1) is 15.8. The predicted molar refractivity (Wildman–Crippen MR) is 84.3 cm³/mol. The highest BCUT2D eigenvalue weighted by Crippen LogP contribution is 2.28. The van der Waals surface area contributed by atoms with Crippen molar-refractivity contribution in [1.82, 2.24) is 0 Å². The number of halogens is 2. The topological polar surface area (TPSA) is 38.0 Å². The summed E-state index contributed by atoms with van der Waals surface area (Å²) in [7, 11) is 0. The van der Waals surface area contributed by atoms with E-state index in [0.29, 0.717) is 12.5 Å². The van der Waals surface area contributed by atoms with Crippen LogP contribution in [0.5, 0.6) is 0 Å². The summed E-state index contributed by atoms with van der Waals surface area (Å²) in [6, 6.07) is 5.86. The van der Waals surface area contributed by atoms with Gasteiger partial charge in [0.2, 0.25) is 0 Å². The molecule has 4 heteroatoms. The molecule has 0 aromatic heterocycles. The minimum Gasteiger partial charge on any atom is -0.379 e. The van der Waals surface area contributed by atoms with Gasteiger partial charge in [-0.25, -0.2) is 0 Å². The molecule has 0 spiro atoms. The molecule has 0 aliphatic carbocycles. The van der Waals surface area contributed by atoms with Crippen LogP contribution < -0.4 is 11.1 Å². The van der Waals surface area contributed by atoms with Crippen molar-refractivity contribution in [2.75, 3.05) is 11.9 Å². The summed E-state index contributed by atoms with van der Waals surface area (Å²) in [6.45, 7) is 7.24. The minimum atomic E-state index is -0.0719. The Kier molecular flexibility index (Phi) is 5.96. The van der Waals surface area contributed by atoms with Crippen LogP contribution in [0.25, 0.3) is 0 Å². The molecule has 2 nitrogen and oxygen atoms in total. The van der Waals surface area contributed by atoms with Gasteiger partial charge in [0.1, 0.15) is 0 Å². The number of nitrogens with one attached hydrogen (secondary N) is 1. The van der Waals surface area contributed by atoms with E-state index in [1.807, 2.05) is 18.2 Å². The zero-order valence-corrected chi connectivity index (χ0v) is 13.6. The van der Waals surface area contributed by atoms with Crippen LogP contribution in [0.1, 0.15) is 33.6 Å². The van der Waals surface area contributed by atoms with Gasteiger partial charge < -0.3 is 11.1 Å². The van der Waals surface area contributed by atoms with Crippen LogP contribution in [0.3, 0.4) is 0 Å². The predicted octanol–water partition coefficient (Wildman–Crippen LogP) is 4.67. The van der Waals surface area contributed by atoms with Crippen molar-refractivity contribution in [1.29, 1.82) is 0 Å². The molecule has 1 aromatic rings. The Balaban J connectivity index is 2.74.